The van der Waals surface area contributed by atoms with E-state index in [2.05, 4.69) is 4.72 Å². The Hall–Kier alpha value is -0.980. The minimum Gasteiger partial charge on any atom is -0.378 e. The van der Waals surface area contributed by atoms with Crippen LogP contribution >= 0.6 is 0 Å². The fourth-order valence-electron chi connectivity index (χ4n) is 2.56. The summed E-state index contributed by atoms with van der Waals surface area (Å²) in [4.78, 5) is 0. The third-order valence-corrected chi connectivity index (χ3v) is 5.05. The second-order valence-electron chi connectivity index (χ2n) is 5.62. The van der Waals surface area contributed by atoms with Crippen LogP contribution in [0.3, 0.4) is 0 Å². The second kappa shape index (κ2) is 7.33. The highest BCUT2D eigenvalue weighted by Crippen LogP contribution is 2.18. The van der Waals surface area contributed by atoms with Gasteiger partial charge in [-0.15, -0.1) is 0 Å². The van der Waals surface area contributed by atoms with Crippen LogP contribution in [0.2, 0.25) is 0 Å². The molecule has 2 atom stereocenters. The van der Waals surface area contributed by atoms with E-state index in [-0.39, 0.29) is 17.9 Å². The molecule has 0 amide bonds. The lowest BCUT2D eigenvalue weighted by Crippen LogP contribution is -2.34. The first-order valence-electron chi connectivity index (χ1n) is 7.31. The normalized spacial score (nSPS) is 20.6. The lowest BCUT2D eigenvalue weighted by molar-refractivity contribution is 0.101. The Morgan fingerprint density at radius 2 is 2.29 bits per heavy atom. The molecule has 0 radical (unpaired) electrons. The number of halogens is 1. The van der Waals surface area contributed by atoms with Crippen LogP contribution in [-0.2, 0) is 20.5 Å². The van der Waals surface area contributed by atoms with Gasteiger partial charge in [0.05, 0.1) is 11.9 Å². The fourth-order valence-corrected chi connectivity index (χ4v) is 3.99. The third-order valence-electron chi connectivity index (χ3n) is 3.57. The van der Waals surface area contributed by atoms with Crippen LogP contribution < -0.4 is 4.72 Å². The number of nitrogens with one attached hydrogen (secondary N) is 1. The van der Waals surface area contributed by atoms with Gasteiger partial charge in [-0.05, 0) is 50.3 Å². The van der Waals surface area contributed by atoms with Crippen molar-refractivity contribution in [2.24, 2.45) is 0 Å². The topological polar surface area (TPSA) is 55.4 Å². The Labute approximate surface area is 125 Å². The first-order valence-corrected chi connectivity index (χ1v) is 8.96. The summed E-state index contributed by atoms with van der Waals surface area (Å²) in [5.74, 6) is -0.621. The zero-order valence-electron chi connectivity index (χ0n) is 12.2. The maximum Gasteiger partial charge on any atom is 0.216 e. The molecule has 0 aromatic heterocycles. The number of benzene rings is 1. The van der Waals surface area contributed by atoms with Gasteiger partial charge in [0.1, 0.15) is 5.82 Å². The van der Waals surface area contributed by atoms with Crippen molar-refractivity contribution in [1.29, 1.82) is 0 Å². The van der Waals surface area contributed by atoms with Crippen LogP contribution in [-0.4, -0.2) is 27.2 Å². The Morgan fingerprint density at radius 3 is 2.95 bits per heavy atom. The van der Waals surface area contributed by atoms with Crippen LogP contribution in [0.15, 0.2) is 24.3 Å². The lowest BCUT2D eigenvalue weighted by Gasteiger charge is -2.16. The molecule has 0 saturated carbocycles. The molecule has 0 spiro atoms. The molecule has 1 aliphatic rings. The van der Waals surface area contributed by atoms with Crippen LogP contribution in [0.1, 0.15) is 38.2 Å². The van der Waals surface area contributed by atoms with Crippen molar-refractivity contribution in [3.05, 3.63) is 35.6 Å². The molecule has 6 heteroatoms. The van der Waals surface area contributed by atoms with Gasteiger partial charge in [0.2, 0.25) is 10.0 Å². The van der Waals surface area contributed by atoms with Gasteiger partial charge < -0.3 is 4.74 Å². The Morgan fingerprint density at radius 1 is 1.48 bits per heavy atom. The molecule has 0 unspecified atom stereocenters. The van der Waals surface area contributed by atoms with Gasteiger partial charge in [-0.1, -0.05) is 12.1 Å². The number of hydrogen-bond donors (Lipinski definition) is 1. The summed E-state index contributed by atoms with van der Waals surface area (Å²) in [5.41, 5.74) is 0.453. The molecule has 1 aromatic rings. The summed E-state index contributed by atoms with van der Waals surface area (Å²) in [7, 11) is -3.45. The van der Waals surface area contributed by atoms with Crippen molar-refractivity contribution in [2.75, 3.05) is 6.61 Å². The van der Waals surface area contributed by atoms with Gasteiger partial charge >= 0.3 is 0 Å². The average molecular weight is 315 g/mol. The zero-order chi connectivity index (χ0) is 15.3. The van der Waals surface area contributed by atoms with Gasteiger partial charge in [-0.3, -0.25) is 0 Å². The van der Waals surface area contributed by atoms with Crippen molar-refractivity contribution in [2.45, 2.75) is 50.5 Å². The number of rotatable bonds is 7. The minimum atomic E-state index is -3.45. The van der Waals surface area contributed by atoms with E-state index in [1.807, 2.05) is 6.92 Å². The maximum atomic E-state index is 13.1. The average Bonchev–Trinajstić information content (AvgIpc) is 2.88. The molecular formula is C15H22FNO3S. The predicted octanol–water partition coefficient (Wildman–Crippen LogP) is 2.59. The SMILES string of the molecule is C[C@H](CC[C@@H]1CCCO1)NS(=O)(=O)Cc1cccc(F)c1. The Balaban J connectivity index is 1.82. The second-order valence-corrected chi connectivity index (χ2v) is 7.37. The molecule has 1 saturated heterocycles. The standard InChI is InChI=1S/C15H22FNO3S/c1-12(7-8-15-6-3-9-20-15)17-21(18,19)11-13-4-2-5-14(16)10-13/h2,4-5,10,12,15,17H,3,6-9,11H2,1H3/t12-,15+/m1/s1. The molecule has 1 heterocycles. The van der Waals surface area contributed by atoms with Crippen molar-refractivity contribution in [3.63, 3.8) is 0 Å². The van der Waals surface area contributed by atoms with Crippen molar-refractivity contribution in [1.82, 2.24) is 4.72 Å². The van der Waals surface area contributed by atoms with E-state index in [9.17, 15) is 12.8 Å². The van der Waals surface area contributed by atoms with Crippen LogP contribution in [0.5, 0.6) is 0 Å². The summed E-state index contributed by atoms with van der Waals surface area (Å²) in [6, 6.07) is 5.53. The molecule has 0 aliphatic carbocycles. The van der Waals surface area contributed by atoms with E-state index < -0.39 is 15.8 Å². The van der Waals surface area contributed by atoms with Gasteiger partial charge in [0.25, 0.3) is 0 Å². The first-order chi connectivity index (χ1) is 9.94. The number of ether oxygens (including phenoxy) is 1. The van der Waals surface area contributed by atoms with E-state index >= 15 is 0 Å². The third kappa shape index (κ3) is 5.73. The van der Waals surface area contributed by atoms with Crippen LogP contribution in [0, 0.1) is 5.82 Å². The van der Waals surface area contributed by atoms with Gasteiger partial charge in [0, 0.05) is 12.6 Å². The first kappa shape index (κ1) is 16.4. The van der Waals surface area contributed by atoms with Gasteiger partial charge in [-0.25, -0.2) is 17.5 Å². The molecule has 2 rings (SSSR count). The highest BCUT2D eigenvalue weighted by Gasteiger charge is 2.19. The Kier molecular flexibility index (Phi) is 5.72. The largest absolute Gasteiger partial charge is 0.378 e. The summed E-state index contributed by atoms with van der Waals surface area (Å²) in [6.07, 6.45) is 4.02. The van der Waals surface area contributed by atoms with Crippen molar-refractivity contribution < 1.29 is 17.5 Å². The zero-order valence-corrected chi connectivity index (χ0v) is 13.0. The predicted molar refractivity (Wildman–Crippen MR) is 79.8 cm³/mol. The molecule has 1 fully saturated rings. The van der Waals surface area contributed by atoms with Gasteiger partial charge in [0.15, 0.2) is 0 Å². The molecule has 1 N–H and O–H groups in total. The van der Waals surface area contributed by atoms with Crippen LogP contribution in [0.25, 0.3) is 0 Å². The summed E-state index contributed by atoms with van der Waals surface area (Å²) < 4.78 is 45.3. The molecule has 1 aliphatic heterocycles. The summed E-state index contributed by atoms with van der Waals surface area (Å²) in [6.45, 7) is 2.66. The lowest BCUT2D eigenvalue weighted by atomic mass is 10.1. The molecule has 21 heavy (non-hydrogen) atoms. The number of hydrogen-bond acceptors (Lipinski definition) is 3. The van der Waals surface area contributed by atoms with E-state index in [0.29, 0.717) is 5.56 Å². The maximum absolute atomic E-state index is 13.1. The monoisotopic (exact) mass is 315 g/mol. The molecule has 1 aromatic carbocycles. The van der Waals surface area contributed by atoms with Gasteiger partial charge in [-0.2, -0.15) is 0 Å². The minimum absolute atomic E-state index is 0.146. The highest BCUT2D eigenvalue weighted by molar-refractivity contribution is 7.88. The van der Waals surface area contributed by atoms with Crippen molar-refractivity contribution in [3.8, 4) is 0 Å². The van der Waals surface area contributed by atoms with Crippen molar-refractivity contribution >= 4 is 10.0 Å². The summed E-state index contributed by atoms with van der Waals surface area (Å²) in [5, 5.41) is 0. The fraction of sp³-hybridized carbons (Fsp3) is 0.600. The number of sulfonamides is 1. The molecular weight excluding hydrogens is 293 g/mol. The smallest absolute Gasteiger partial charge is 0.216 e. The van der Waals surface area contributed by atoms with E-state index in [4.69, 9.17) is 4.74 Å². The van der Waals surface area contributed by atoms with E-state index in [1.165, 1.54) is 18.2 Å². The quantitative estimate of drug-likeness (QED) is 0.841. The van der Waals surface area contributed by atoms with Crippen LogP contribution in [0.4, 0.5) is 4.39 Å². The van der Waals surface area contributed by atoms with E-state index in [0.717, 1.165) is 32.3 Å². The molecule has 118 valence electrons. The molecule has 4 nitrogen and oxygen atoms in total. The Bertz CT molecular complexity index is 556. The molecule has 0 bridgehead atoms. The van der Waals surface area contributed by atoms with E-state index in [1.54, 1.807) is 6.07 Å². The summed E-state index contributed by atoms with van der Waals surface area (Å²) >= 11 is 0. The highest BCUT2D eigenvalue weighted by atomic mass is 32.2.